The van der Waals surface area contributed by atoms with Crippen LogP contribution in [0.5, 0.6) is 11.5 Å². The summed E-state index contributed by atoms with van der Waals surface area (Å²) in [5.41, 5.74) is 8.42. The van der Waals surface area contributed by atoms with Crippen LogP contribution in [0.15, 0.2) is 30.5 Å². The molecule has 0 aliphatic heterocycles. The fourth-order valence-corrected chi connectivity index (χ4v) is 2.26. The molecule has 0 aliphatic carbocycles. The van der Waals surface area contributed by atoms with E-state index in [2.05, 4.69) is 17.2 Å². The summed E-state index contributed by atoms with van der Waals surface area (Å²) < 4.78 is 12.2. The van der Waals surface area contributed by atoms with E-state index in [1.165, 1.54) is 5.56 Å². The van der Waals surface area contributed by atoms with Crippen molar-refractivity contribution in [1.82, 2.24) is 9.78 Å². The Kier molecular flexibility index (Phi) is 4.63. The molecule has 2 N–H and O–H groups in total. The number of hydrogen-bond donors (Lipinski definition) is 1. The Labute approximate surface area is 119 Å². The molecule has 2 rings (SSSR count). The van der Waals surface area contributed by atoms with E-state index >= 15 is 0 Å². The average Bonchev–Trinajstić information content (AvgIpc) is 2.86. The molecule has 0 saturated heterocycles. The minimum atomic E-state index is -0.0976. The van der Waals surface area contributed by atoms with Crippen molar-refractivity contribution in [1.29, 1.82) is 0 Å². The first-order chi connectivity index (χ1) is 9.65. The van der Waals surface area contributed by atoms with Gasteiger partial charge in [0.25, 0.3) is 0 Å². The van der Waals surface area contributed by atoms with E-state index in [1.807, 2.05) is 19.2 Å². The highest BCUT2D eigenvalue weighted by Crippen LogP contribution is 2.26. The highest BCUT2D eigenvalue weighted by atomic mass is 16.5. The van der Waals surface area contributed by atoms with E-state index < -0.39 is 0 Å². The molecule has 0 saturated carbocycles. The number of nitrogens with zero attached hydrogens (tertiary/aromatic N) is 2. The smallest absolute Gasteiger partial charge is 0.161 e. The van der Waals surface area contributed by atoms with Crippen LogP contribution in [-0.4, -0.2) is 24.0 Å². The zero-order chi connectivity index (χ0) is 14.5. The molecular formula is C15H21N3O2. The van der Waals surface area contributed by atoms with Gasteiger partial charge < -0.3 is 15.2 Å². The number of aromatic nitrogens is 2. The number of nitrogens with two attached hydrogens (primary N) is 1. The minimum absolute atomic E-state index is 0.0976. The van der Waals surface area contributed by atoms with Crippen LogP contribution in [0.2, 0.25) is 0 Å². The van der Waals surface area contributed by atoms with Gasteiger partial charge in [0.15, 0.2) is 5.75 Å². The van der Waals surface area contributed by atoms with E-state index in [4.69, 9.17) is 15.2 Å². The standard InChI is InChI=1S/C15H21N3O2/c1-18-15(14(20-3)10-17-18)13(16)9-6-11-4-7-12(19-2)8-5-11/h4-5,7-8,10,13H,6,9,16H2,1-3H3. The van der Waals surface area contributed by atoms with Gasteiger partial charge in [-0.3, -0.25) is 4.68 Å². The number of methoxy groups -OCH3 is 2. The number of rotatable bonds is 6. The average molecular weight is 275 g/mol. The molecule has 1 unspecified atom stereocenters. The lowest BCUT2D eigenvalue weighted by molar-refractivity contribution is 0.401. The van der Waals surface area contributed by atoms with Crippen molar-refractivity contribution in [2.45, 2.75) is 18.9 Å². The first kappa shape index (κ1) is 14.4. The van der Waals surface area contributed by atoms with Crippen LogP contribution >= 0.6 is 0 Å². The normalized spacial score (nSPS) is 12.2. The number of ether oxygens (including phenoxy) is 2. The Morgan fingerprint density at radius 1 is 1.20 bits per heavy atom. The molecule has 108 valence electrons. The fraction of sp³-hybridized carbons (Fsp3) is 0.400. The molecule has 0 aliphatic rings. The van der Waals surface area contributed by atoms with Crippen LogP contribution in [0.3, 0.4) is 0 Å². The molecule has 1 atom stereocenters. The molecule has 1 heterocycles. The Hall–Kier alpha value is -2.01. The highest BCUT2D eigenvalue weighted by Gasteiger charge is 2.16. The van der Waals surface area contributed by atoms with E-state index in [1.54, 1.807) is 25.1 Å². The number of hydrogen-bond acceptors (Lipinski definition) is 4. The first-order valence-electron chi connectivity index (χ1n) is 6.60. The zero-order valence-electron chi connectivity index (χ0n) is 12.2. The van der Waals surface area contributed by atoms with Gasteiger partial charge in [-0.15, -0.1) is 0 Å². The van der Waals surface area contributed by atoms with Crippen LogP contribution in [0.1, 0.15) is 23.7 Å². The molecule has 0 radical (unpaired) electrons. The van der Waals surface area contributed by atoms with E-state index in [0.29, 0.717) is 0 Å². The summed E-state index contributed by atoms with van der Waals surface area (Å²) in [4.78, 5) is 0. The van der Waals surface area contributed by atoms with Crippen molar-refractivity contribution in [3.8, 4) is 11.5 Å². The van der Waals surface area contributed by atoms with E-state index in [0.717, 1.165) is 30.0 Å². The molecule has 5 nitrogen and oxygen atoms in total. The summed E-state index contributed by atoms with van der Waals surface area (Å²) in [5, 5.41) is 4.18. The molecule has 0 bridgehead atoms. The van der Waals surface area contributed by atoms with Crippen LogP contribution in [0.4, 0.5) is 0 Å². The second kappa shape index (κ2) is 6.43. The van der Waals surface area contributed by atoms with Gasteiger partial charge in [-0.2, -0.15) is 5.10 Å². The third-order valence-corrected chi connectivity index (χ3v) is 3.42. The van der Waals surface area contributed by atoms with E-state index in [-0.39, 0.29) is 6.04 Å². The Morgan fingerprint density at radius 2 is 1.90 bits per heavy atom. The Balaban J connectivity index is 2.00. The van der Waals surface area contributed by atoms with Crippen molar-refractivity contribution < 1.29 is 9.47 Å². The van der Waals surface area contributed by atoms with Gasteiger partial charge >= 0.3 is 0 Å². The van der Waals surface area contributed by atoms with Gasteiger partial charge in [-0.05, 0) is 30.5 Å². The first-order valence-corrected chi connectivity index (χ1v) is 6.60. The second-order valence-electron chi connectivity index (χ2n) is 4.72. The molecule has 2 aromatic rings. The maximum absolute atomic E-state index is 6.26. The summed E-state index contributed by atoms with van der Waals surface area (Å²) in [6, 6.07) is 7.95. The summed E-state index contributed by atoms with van der Waals surface area (Å²) in [6.07, 6.45) is 3.43. The number of aryl methyl sites for hydroxylation is 2. The van der Waals surface area contributed by atoms with Gasteiger partial charge in [-0.25, -0.2) is 0 Å². The zero-order valence-corrected chi connectivity index (χ0v) is 12.2. The largest absolute Gasteiger partial charge is 0.497 e. The van der Waals surface area contributed by atoms with Crippen LogP contribution in [0.25, 0.3) is 0 Å². The maximum atomic E-state index is 6.26. The SMILES string of the molecule is COc1ccc(CCC(N)c2c(OC)cnn2C)cc1. The minimum Gasteiger partial charge on any atom is -0.497 e. The molecule has 0 amide bonds. The third kappa shape index (κ3) is 3.11. The summed E-state index contributed by atoms with van der Waals surface area (Å²) in [6.45, 7) is 0. The van der Waals surface area contributed by atoms with Crippen molar-refractivity contribution in [3.63, 3.8) is 0 Å². The molecule has 20 heavy (non-hydrogen) atoms. The van der Waals surface area contributed by atoms with Gasteiger partial charge in [-0.1, -0.05) is 12.1 Å². The van der Waals surface area contributed by atoms with Gasteiger partial charge in [0.1, 0.15) is 5.75 Å². The molecule has 0 spiro atoms. The Bertz CT molecular complexity index is 549. The topological polar surface area (TPSA) is 62.3 Å². The summed E-state index contributed by atoms with van der Waals surface area (Å²) in [7, 11) is 5.18. The van der Waals surface area contributed by atoms with Crippen molar-refractivity contribution in [2.75, 3.05) is 14.2 Å². The summed E-state index contributed by atoms with van der Waals surface area (Å²) >= 11 is 0. The lowest BCUT2D eigenvalue weighted by Gasteiger charge is -2.14. The second-order valence-corrected chi connectivity index (χ2v) is 4.72. The van der Waals surface area contributed by atoms with Gasteiger partial charge in [0.2, 0.25) is 0 Å². The molecule has 0 fully saturated rings. The predicted octanol–water partition coefficient (Wildman–Crippen LogP) is 2.07. The van der Waals surface area contributed by atoms with Crippen LogP contribution in [-0.2, 0) is 13.5 Å². The maximum Gasteiger partial charge on any atom is 0.161 e. The Morgan fingerprint density at radius 3 is 2.50 bits per heavy atom. The molecule has 1 aromatic carbocycles. The quantitative estimate of drug-likeness (QED) is 0.876. The predicted molar refractivity (Wildman–Crippen MR) is 78.0 cm³/mol. The van der Waals surface area contributed by atoms with Crippen LogP contribution in [0, 0.1) is 0 Å². The fourth-order valence-electron chi connectivity index (χ4n) is 2.26. The van der Waals surface area contributed by atoms with Crippen molar-refractivity contribution >= 4 is 0 Å². The lowest BCUT2D eigenvalue weighted by atomic mass is 10.0. The molecule has 5 heteroatoms. The molecular weight excluding hydrogens is 254 g/mol. The highest BCUT2D eigenvalue weighted by molar-refractivity contribution is 5.29. The van der Waals surface area contributed by atoms with E-state index in [9.17, 15) is 0 Å². The third-order valence-electron chi connectivity index (χ3n) is 3.42. The van der Waals surface area contributed by atoms with Gasteiger partial charge in [0, 0.05) is 7.05 Å². The molecule has 1 aromatic heterocycles. The van der Waals surface area contributed by atoms with Crippen molar-refractivity contribution in [2.24, 2.45) is 12.8 Å². The van der Waals surface area contributed by atoms with Crippen LogP contribution < -0.4 is 15.2 Å². The lowest BCUT2D eigenvalue weighted by Crippen LogP contribution is -2.16. The summed E-state index contributed by atoms with van der Waals surface area (Å²) in [5.74, 6) is 1.61. The van der Waals surface area contributed by atoms with Gasteiger partial charge in [0.05, 0.1) is 32.2 Å². The number of benzene rings is 1. The van der Waals surface area contributed by atoms with Crippen molar-refractivity contribution in [3.05, 3.63) is 41.7 Å². The monoisotopic (exact) mass is 275 g/mol.